The van der Waals surface area contributed by atoms with E-state index in [1.165, 1.54) is 64.9 Å². The Labute approximate surface area is 289 Å². The summed E-state index contributed by atoms with van der Waals surface area (Å²) < 4.78 is 0. The average molecular weight is 653 g/mol. The summed E-state index contributed by atoms with van der Waals surface area (Å²) in [6.45, 7) is 6.88. The summed E-state index contributed by atoms with van der Waals surface area (Å²) in [6, 6.07) is 67.8. The molecular weight excluding hydrogens is 613 g/mol. The van der Waals surface area contributed by atoms with Crippen LogP contribution >= 0.6 is 15.8 Å². The second-order valence-electron chi connectivity index (χ2n) is 12.4. The van der Waals surface area contributed by atoms with Gasteiger partial charge in [-0.1, -0.05) is 209 Å². The molecule has 0 aliphatic heterocycles. The highest BCUT2D eigenvalue weighted by molar-refractivity contribution is 7.81. The van der Waals surface area contributed by atoms with E-state index in [0.29, 0.717) is 0 Å². The van der Waals surface area contributed by atoms with Gasteiger partial charge in [0.2, 0.25) is 0 Å². The van der Waals surface area contributed by atoms with Crippen molar-refractivity contribution in [3.05, 3.63) is 199 Å². The molecule has 7 aromatic rings. The van der Waals surface area contributed by atoms with Crippen LogP contribution in [-0.2, 0) is 0 Å². The first-order chi connectivity index (χ1) is 23.6. The van der Waals surface area contributed by atoms with E-state index >= 15 is 0 Å². The molecule has 0 aliphatic rings. The molecular formula is C45H39BP2-. The van der Waals surface area contributed by atoms with Gasteiger partial charge in [0.25, 0.3) is 0 Å². The predicted molar refractivity (Wildman–Crippen MR) is 216 cm³/mol. The van der Waals surface area contributed by atoms with Gasteiger partial charge in [-0.3, -0.25) is 0 Å². The van der Waals surface area contributed by atoms with Gasteiger partial charge in [0.15, 0.2) is 0 Å². The summed E-state index contributed by atoms with van der Waals surface area (Å²) in [5.74, 6) is 0. The third-order valence-electron chi connectivity index (χ3n) is 9.06. The first-order valence-electron chi connectivity index (χ1n) is 16.7. The van der Waals surface area contributed by atoms with Gasteiger partial charge in [0.1, 0.15) is 0 Å². The molecule has 3 heteroatoms. The molecule has 0 amide bonds. The lowest BCUT2D eigenvalue weighted by Crippen LogP contribution is -2.61. The Morgan fingerprint density at radius 1 is 0.354 bits per heavy atom. The van der Waals surface area contributed by atoms with E-state index in [1.54, 1.807) is 0 Å². The van der Waals surface area contributed by atoms with Crippen molar-refractivity contribution in [3.8, 4) is 0 Å². The lowest BCUT2D eigenvalue weighted by Gasteiger charge is -2.40. The standard InChI is InChI=1S/C45H39BP2/c1-34-32-35(2)45(36(3)33-34)46(41-28-16-18-30-43(41)47(37-20-8-4-9-21-37)38-22-10-5-11-23-38)42-29-17-19-31-44(42)48(39-24-12-6-13-25-39)40-26-14-7-15-27-40/h4-33H,1-3H3/q-1. The third kappa shape index (κ3) is 6.59. The van der Waals surface area contributed by atoms with E-state index in [1.807, 2.05) is 0 Å². The maximum Gasteiger partial charge on any atom is -0.0152 e. The fraction of sp³-hybridized carbons (Fsp3) is 0.0667. The van der Waals surface area contributed by atoms with Crippen molar-refractivity contribution in [2.24, 2.45) is 0 Å². The first-order valence-corrected chi connectivity index (χ1v) is 19.3. The van der Waals surface area contributed by atoms with Crippen LogP contribution in [0.4, 0.5) is 0 Å². The first kappa shape index (κ1) is 32.0. The van der Waals surface area contributed by atoms with Crippen molar-refractivity contribution in [1.29, 1.82) is 0 Å². The van der Waals surface area contributed by atoms with Crippen LogP contribution in [0.5, 0.6) is 0 Å². The van der Waals surface area contributed by atoms with Gasteiger partial charge in [0.05, 0.1) is 0 Å². The van der Waals surface area contributed by atoms with Gasteiger partial charge in [-0.25, -0.2) is 16.4 Å². The second kappa shape index (κ2) is 14.7. The van der Waals surface area contributed by atoms with E-state index in [4.69, 9.17) is 0 Å². The number of benzene rings is 7. The molecule has 0 aromatic heterocycles. The Kier molecular flexibility index (Phi) is 9.81. The molecule has 0 atom stereocenters. The summed E-state index contributed by atoms with van der Waals surface area (Å²) in [5.41, 5.74) is 8.17. The van der Waals surface area contributed by atoms with Crippen molar-refractivity contribution >= 4 is 70.8 Å². The van der Waals surface area contributed by atoms with Crippen molar-refractivity contribution < 1.29 is 0 Å². The normalized spacial score (nSPS) is 11.4. The van der Waals surface area contributed by atoms with Crippen molar-refractivity contribution in [2.75, 3.05) is 0 Å². The van der Waals surface area contributed by atoms with Crippen LogP contribution in [0.2, 0.25) is 0 Å². The van der Waals surface area contributed by atoms with Crippen LogP contribution in [-0.4, -0.2) is 6.71 Å². The fourth-order valence-corrected chi connectivity index (χ4v) is 12.1. The molecule has 233 valence electrons. The zero-order valence-corrected chi connectivity index (χ0v) is 29.6. The van der Waals surface area contributed by atoms with Crippen LogP contribution < -0.4 is 48.2 Å². The SMILES string of the molecule is Cc1cc(C)c([B-](c2ccccc2P(c2ccccc2)c2ccccc2)c2ccccc2P(c2ccccc2)c2ccccc2)c(C)c1. The monoisotopic (exact) mass is 652 g/mol. The van der Waals surface area contributed by atoms with E-state index in [0.717, 1.165) is 0 Å². The lowest BCUT2D eigenvalue weighted by molar-refractivity contribution is 1.35. The molecule has 7 aromatic carbocycles. The number of rotatable bonds is 9. The van der Waals surface area contributed by atoms with Crippen LogP contribution in [0.25, 0.3) is 0 Å². The van der Waals surface area contributed by atoms with E-state index in [9.17, 15) is 0 Å². The molecule has 0 saturated heterocycles. The van der Waals surface area contributed by atoms with E-state index in [-0.39, 0.29) is 6.71 Å². The minimum Gasteiger partial charge on any atom is -0.227 e. The molecule has 0 saturated carbocycles. The van der Waals surface area contributed by atoms with Crippen molar-refractivity contribution in [2.45, 2.75) is 20.8 Å². The van der Waals surface area contributed by atoms with Crippen LogP contribution in [0.1, 0.15) is 16.7 Å². The maximum absolute atomic E-state index is 2.41. The number of hydrogen-bond donors (Lipinski definition) is 0. The lowest BCUT2D eigenvalue weighted by atomic mass is 9.35. The predicted octanol–water partition coefficient (Wildman–Crippen LogP) is 6.64. The minimum atomic E-state index is -0.813. The molecule has 0 heterocycles. The minimum absolute atomic E-state index is 0.0489. The average Bonchev–Trinajstić information content (AvgIpc) is 3.13. The van der Waals surface area contributed by atoms with Gasteiger partial charge in [-0.2, -0.15) is 0 Å². The Bertz CT molecular complexity index is 1880. The molecule has 0 bridgehead atoms. The molecule has 0 spiro atoms. The van der Waals surface area contributed by atoms with E-state index < -0.39 is 15.8 Å². The number of hydrogen-bond acceptors (Lipinski definition) is 0. The third-order valence-corrected chi connectivity index (χ3v) is 14.1. The Morgan fingerprint density at radius 3 is 0.979 bits per heavy atom. The van der Waals surface area contributed by atoms with Crippen LogP contribution in [0.15, 0.2) is 182 Å². The van der Waals surface area contributed by atoms with Gasteiger partial charge < -0.3 is 0 Å². The Morgan fingerprint density at radius 2 is 0.646 bits per heavy atom. The van der Waals surface area contributed by atoms with Crippen LogP contribution in [0.3, 0.4) is 0 Å². The molecule has 48 heavy (non-hydrogen) atoms. The highest BCUT2D eigenvalue weighted by atomic mass is 31.1. The van der Waals surface area contributed by atoms with Gasteiger partial charge in [-0.05, 0) is 64.5 Å². The summed E-state index contributed by atoms with van der Waals surface area (Å²) in [4.78, 5) is 0. The van der Waals surface area contributed by atoms with Crippen molar-refractivity contribution in [1.82, 2.24) is 0 Å². The summed E-state index contributed by atoms with van der Waals surface area (Å²) in [5, 5.41) is 8.29. The fourth-order valence-electron chi connectivity index (χ4n) is 7.16. The topological polar surface area (TPSA) is 0 Å². The molecule has 0 aliphatic carbocycles. The Balaban J connectivity index is 1.54. The molecule has 0 unspecified atom stereocenters. The molecule has 7 rings (SSSR count). The summed E-state index contributed by atoms with van der Waals surface area (Å²) in [6.07, 6.45) is 0. The maximum atomic E-state index is 2.41. The van der Waals surface area contributed by atoms with Gasteiger partial charge in [0, 0.05) is 0 Å². The van der Waals surface area contributed by atoms with Gasteiger partial charge in [-0.15, -0.1) is 0 Å². The van der Waals surface area contributed by atoms with Crippen molar-refractivity contribution in [3.63, 3.8) is 0 Å². The largest absolute Gasteiger partial charge is 0.227 e. The molecule has 0 N–H and O–H groups in total. The molecule has 1 radical (unpaired) electrons. The van der Waals surface area contributed by atoms with Gasteiger partial charge >= 0.3 is 0 Å². The second-order valence-corrected chi connectivity index (χ2v) is 16.7. The summed E-state index contributed by atoms with van der Waals surface area (Å²) in [7, 11) is -1.63. The zero-order valence-electron chi connectivity index (χ0n) is 27.8. The van der Waals surface area contributed by atoms with Crippen LogP contribution in [0, 0.1) is 20.8 Å². The number of aryl methyl sites for hydroxylation is 3. The molecule has 0 nitrogen and oxygen atoms in total. The quantitative estimate of drug-likeness (QED) is 0.121. The summed E-state index contributed by atoms with van der Waals surface area (Å²) >= 11 is 0. The Hall–Kier alpha value is -4.54. The zero-order chi connectivity index (χ0) is 32.9. The van der Waals surface area contributed by atoms with E-state index in [2.05, 4.69) is 203 Å². The highest BCUT2D eigenvalue weighted by Crippen LogP contribution is 2.34. The molecule has 0 fully saturated rings. The smallest absolute Gasteiger partial charge is 0.0152 e. The highest BCUT2D eigenvalue weighted by Gasteiger charge is 2.24.